The van der Waals surface area contributed by atoms with Gasteiger partial charge in [-0.3, -0.25) is 19.5 Å². The van der Waals surface area contributed by atoms with E-state index in [1.54, 1.807) is 18.6 Å². The second-order valence-corrected chi connectivity index (χ2v) is 16.9. The summed E-state index contributed by atoms with van der Waals surface area (Å²) in [6.07, 6.45) is 10.1. The van der Waals surface area contributed by atoms with Crippen LogP contribution in [0.15, 0.2) is 49.1 Å². The highest BCUT2D eigenvalue weighted by Gasteiger charge is 2.56. The zero-order valence-electron chi connectivity index (χ0n) is 31.1. The second-order valence-electron chi connectivity index (χ2n) is 16.9. The number of carbonyl (C=O) groups excluding carboxylic acids is 2. The molecule has 1 N–H and O–H groups in total. The van der Waals surface area contributed by atoms with Crippen molar-refractivity contribution in [3.63, 3.8) is 0 Å². The normalized spacial score (nSPS) is 25.1. The SMILES string of the molecule is CC(C)n1cnc2cc(-c3ccc4c(c3)N([C@H]3C[C@@H](N5CCC(C)(C)C5)C3)C(=O)C43CCN(C(=O)[C@H]4CCCO4)CC3)nc(Nc3ccncc3F)c21. The predicted octanol–water partition coefficient (Wildman–Crippen LogP) is 6.61. The fraction of sp³-hybridized carbons (Fsp3) is 0.537. The van der Waals surface area contributed by atoms with Crippen LogP contribution in [0.1, 0.15) is 84.2 Å². The number of nitrogens with zero attached hydrogens (tertiary/aromatic N) is 7. The van der Waals surface area contributed by atoms with Crippen molar-refractivity contribution >= 4 is 40.0 Å². The van der Waals surface area contributed by atoms with E-state index in [2.05, 4.69) is 66.0 Å². The molecule has 5 aliphatic rings. The lowest BCUT2D eigenvalue weighted by molar-refractivity contribution is -0.144. The molecule has 1 atom stereocenters. The van der Waals surface area contributed by atoms with Crippen LogP contribution in [0.3, 0.4) is 0 Å². The highest BCUT2D eigenvalue weighted by Crippen LogP contribution is 2.52. The number of benzene rings is 1. The Hall–Kier alpha value is -4.42. The second kappa shape index (κ2) is 12.9. The minimum Gasteiger partial charge on any atom is -0.368 e. The minimum absolute atomic E-state index is 0.0584. The van der Waals surface area contributed by atoms with Gasteiger partial charge in [-0.1, -0.05) is 26.0 Å². The number of imidazole rings is 1. The molecule has 3 aromatic heterocycles. The van der Waals surface area contributed by atoms with Crippen LogP contribution in [-0.2, 0) is 19.7 Å². The molecule has 7 heterocycles. The molecule has 0 radical (unpaired) electrons. The van der Waals surface area contributed by atoms with Gasteiger partial charge in [-0.25, -0.2) is 14.4 Å². The summed E-state index contributed by atoms with van der Waals surface area (Å²) in [4.78, 5) is 48.6. The van der Waals surface area contributed by atoms with Crippen molar-refractivity contribution in [2.75, 3.05) is 43.0 Å². The molecule has 4 aliphatic heterocycles. The number of halogens is 1. The van der Waals surface area contributed by atoms with Crippen LogP contribution in [0.2, 0.25) is 0 Å². The molecule has 4 fully saturated rings. The number of carbonyl (C=O) groups is 2. The average Bonchev–Trinajstić information content (AvgIpc) is 3.93. The number of amides is 2. The number of piperidine rings is 1. The fourth-order valence-corrected chi connectivity index (χ4v) is 9.51. The number of ether oxygens (including phenoxy) is 1. The van der Waals surface area contributed by atoms with Gasteiger partial charge in [0.2, 0.25) is 5.91 Å². The van der Waals surface area contributed by atoms with E-state index >= 15 is 0 Å². The largest absolute Gasteiger partial charge is 0.368 e. The van der Waals surface area contributed by atoms with Gasteiger partial charge in [-0.05, 0) is 94.5 Å². The highest BCUT2D eigenvalue weighted by atomic mass is 19.1. The Labute approximate surface area is 309 Å². The first-order valence-electron chi connectivity index (χ1n) is 19.4. The molecule has 1 spiro atoms. The molecule has 0 unspecified atom stereocenters. The number of fused-ring (bicyclic) bond motifs is 3. The van der Waals surface area contributed by atoms with E-state index in [-0.39, 0.29) is 35.7 Å². The molecular weight excluding hydrogens is 672 g/mol. The molecule has 0 bridgehead atoms. The lowest BCUT2D eigenvalue weighted by Crippen LogP contribution is -2.58. The van der Waals surface area contributed by atoms with Crippen LogP contribution in [-0.4, -0.2) is 92.1 Å². The molecule has 4 aromatic rings. The predicted molar refractivity (Wildman–Crippen MR) is 202 cm³/mol. The van der Waals surface area contributed by atoms with Crippen LogP contribution < -0.4 is 10.2 Å². The van der Waals surface area contributed by atoms with Gasteiger partial charge in [0, 0.05) is 61.8 Å². The van der Waals surface area contributed by atoms with Gasteiger partial charge in [0.25, 0.3) is 5.91 Å². The van der Waals surface area contributed by atoms with Gasteiger partial charge in [0.1, 0.15) is 11.6 Å². The summed E-state index contributed by atoms with van der Waals surface area (Å²) in [5.74, 6) is 0.245. The van der Waals surface area contributed by atoms with E-state index < -0.39 is 11.2 Å². The fourth-order valence-electron chi connectivity index (χ4n) is 9.51. The molecule has 9 rings (SSSR count). The molecule has 53 heavy (non-hydrogen) atoms. The number of hydrogen-bond acceptors (Lipinski definition) is 8. The molecule has 11 nitrogen and oxygen atoms in total. The Morgan fingerprint density at radius 1 is 1.06 bits per heavy atom. The van der Waals surface area contributed by atoms with Crippen molar-refractivity contribution in [2.45, 2.75) is 102 Å². The minimum atomic E-state index is -0.680. The van der Waals surface area contributed by atoms with Crippen LogP contribution in [0.25, 0.3) is 22.3 Å². The van der Waals surface area contributed by atoms with Crippen molar-refractivity contribution in [1.29, 1.82) is 0 Å². The van der Waals surface area contributed by atoms with Crippen molar-refractivity contribution < 1.29 is 18.7 Å². The van der Waals surface area contributed by atoms with E-state index in [1.807, 2.05) is 15.5 Å². The Kier molecular flexibility index (Phi) is 8.34. The summed E-state index contributed by atoms with van der Waals surface area (Å²) < 4.78 is 22.6. The van der Waals surface area contributed by atoms with E-state index in [0.29, 0.717) is 55.5 Å². The summed E-state index contributed by atoms with van der Waals surface area (Å²) in [5, 5.41) is 3.23. The summed E-state index contributed by atoms with van der Waals surface area (Å²) in [7, 11) is 0. The van der Waals surface area contributed by atoms with Gasteiger partial charge in [0.15, 0.2) is 11.6 Å². The average molecular weight is 721 g/mol. The third-order valence-electron chi connectivity index (χ3n) is 12.6. The van der Waals surface area contributed by atoms with E-state index in [0.717, 1.165) is 66.6 Å². The molecule has 1 aromatic carbocycles. The first kappa shape index (κ1) is 34.4. The molecule has 12 heteroatoms. The first-order chi connectivity index (χ1) is 25.5. The maximum atomic E-state index is 14.9. The van der Waals surface area contributed by atoms with Gasteiger partial charge >= 0.3 is 0 Å². The summed E-state index contributed by atoms with van der Waals surface area (Å²) in [6, 6.07) is 10.6. The first-order valence-corrected chi connectivity index (χ1v) is 19.4. The zero-order chi connectivity index (χ0) is 36.6. The standard InChI is InChI=1S/C41H49FN8O3/c1-25(2)49-24-44-33-21-32(46-37(36(33)49)45-31-9-13-43-22-30(31)42)26-7-8-29-34(18-26)50(28-19-27(20-28)48-14-10-40(3,4)23-48)39(52)41(29)11-15-47(16-12-41)38(51)35-6-5-17-53-35/h7-9,13,18,21-22,24-25,27-28,35H,5-6,10-12,14-17,19-20,23H2,1-4H3,(H,43,45,46)/t27-,28+,35-/m1/s1. The van der Waals surface area contributed by atoms with Crippen LogP contribution in [0.5, 0.6) is 0 Å². The zero-order valence-corrected chi connectivity index (χ0v) is 31.1. The number of likely N-dealkylation sites (tertiary alicyclic amines) is 2. The topological polar surface area (TPSA) is 109 Å². The summed E-state index contributed by atoms with van der Waals surface area (Å²) in [6.45, 7) is 12.7. The summed E-state index contributed by atoms with van der Waals surface area (Å²) >= 11 is 0. The van der Waals surface area contributed by atoms with Gasteiger partial charge in [0.05, 0.1) is 34.8 Å². The summed E-state index contributed by atoms with van der Waals surface area (Å²) in [5.41, 5.74) is 4.98. The number of anilines is 3. The maximum Gasteiger partial charge on any atom is 0.251 e. The van der Waals surface area contributed by atoms with Crippen LogP contribution >= 0.6 is 0 Å². The van der Waals surface area contributed by atoms with Crippen molar-refractivity contribution in [3.8, 4) is 11.3 Å². The third-order valence-corrected chi connectivity index (χ3v) is 12.6. The van der Waals surface area contributed by atoms with E-state index in [1.165, 1.54) is 12.6 Å². The lowest BCUT2D eigenvalue weighted by atomic mass is 9.73. The smallest absolute Gasteiger partial charge is 0.251 e. The van der Waals surface area contributed by atoms with E-state index in [4.69, 9.17) is 14.7 Å². The molecule has 1 aliphatic carbocycles. The number of nitrogens with one attached hydrogen (secondary N) is 1. The van der Waals surface area contributed by atoms with E-state index in [9.17, 15) is 14.0 Å². The van der Waals surface area contributed by atoms with Gasteiger partial charge in [-0.15, -0.1) is 0 Å². The number of pyridine rings is 2. The molecule has 2 amide bonds. The quantitative estimate of drug-likeness (QED) is 0.228. The molecular formula is C41H49FN8O3. The Bertz CT molecular complexity index is 2080. The Balaban J connectivity index is 1.08. The van der Waals surface area contributed by atoms with Crippen molar-refractivity contribution in [1.82, 2.24) is 29.3 Å². The van der Waals surface area contributed by atoms with Crippen molar-refractivity contribution in [3.05, 3.63) is 60.4 Å². The molecule has 3 saturated heterocycles. The van der Waals surface area contributed by atoms with Crippen LogP contribution in [0, 0.1) is 11.2 Å². The van der Waals surface area contributed by atoms with Gasteiger partial charge in [-0.2, -0.15) is 0 Å². The number of rotatable bonds is 7. The number of hydrogen-bond donors (Lipinski definition) is 1. The highest BCUT2D eigenvalue weighted by molar-refractivity contribution is 6.09. The Morgan fingerprint density at radius 2 is 1.87 bits per heavy atom. The van der Waals surface area contributed by atoms with Gasteiger partial charge < -0.3 is 24.4 Å². The monoisotopic (exact) mass is 720 g/mol. The molecule has 278 valence electrons. The Morgan fingerprint density at radius 3 is 2.57 bits per heavy atom. The maximum absolute atomic E-state index is 14.9. The third kappa shape index (κ3) is 5.80. The van der Waals surface area contributed by atoms with Crippen LogP contribution in [0.4, 0.5) is 21.6 Å². The number of aromatic nitrogens is 4. The lowest BCUT2D eigenvalue weighted by Gasteiger charge is -2.46. The molecule has 1 saturated carbocycles. The van der Waals surface area contributed by atoms with Crippen molar-refractivity contribution in [2.24, 2.45) is 5.41 Å².